The van der Waals surface area contributed by atoms with Crippen molar-refractivity contribution in [2.45, 2.75) is 25.0 Å². The molecule has 3 nitrogen and oxygen atoms in total. The molecule has 3 aromatic rings. The molecule has 0 saturated carbocycles. The van der Waals surface area contributed by atoms with E-state index in [4.69, 9.17) is 4.74 Å². The highest BCUT2D eigenvalue weighted by atomic mass is 19.4. The summed E-state index contributed by atoms with van der Waals surface area (Å²) in [5.74, 6) is 0. The van der Waals surface area contributed by atoms with Crippen molar-refractivity contribution in [3.8, 4) is 0 Å². The molecule has 3 rings (SSSR count). The molecule has 29 heavy (non-hydrogen) atoms. The third kappa shape index (κ3) is 5.38. The quantitative estimate of drug-likeness (QED) is 0.482. The summed E-state index contributed by atoms with van der Waals surface area (Å²) in [5.41, 5.74) is -2.06. The average molecular weight is 414 g/mol. The number of nitrogens with zero attached hydrogens (tertiary/aromatic N) is 2. The summed E-state index contributed by atoms with van der Waals surface area (Å²) in [4.78, 5) is 3.97. The van der Waals surface area contributed by atoms with Crippen molar-refractivity contribution in [2.75, 3.05) is 6.61 Å². The second-order valence-electron chi connectivity index (χ2n) is 6.37. The van der Waals surface area contributed by atoms with Gasteiger partial charge in [-0.1, -0.05) is 30.3 Å². The Morgan fingerprint density at radius 2 is 1.52 bits per heavy atom. The zero-order valence-corrected chi connectivity index (χ0v) is 14.9. The molecule has 0 radical (unpaired) electrons. The first-order chi connectivity index (χ1) is 13.6. The molecule has 1 unspecified atom stereocenters. The molecule has 1 heterocycles. The van der Waals surface area contributed by atoms with Crippen LogP contribution in [0.3, 0.4) is 0 Å². The summed E-state index contributed by atoms with van der Waals surface area (Å²) in [7, 11) is 0. The molecule has 0 saturated heterocycles. The molecule has 0 fully saturated rings. The lowest BCUT2D eigenvalue weighted by Gasteiger charge is -2.20. The van der Waals surface area contributed by atoms with E-state index in [9.17, 15) is 26.3 Å². The summed E-state index contributed by atoms with van der Waals surface area (Å²) >= 11 is 0. The van der Waals surface area contributed by atoms with Crippen molar-refractivity contribution in [1.82, 2.24) is 9.55 Å². The monoisotopic (exact) mass is 414 g/mol. The van der Waals surface area contributed by atoms with Crippen LogP contribution in [0, 0.1) is 0 Å². The molecule has 2 aromatic carbocycles. The van der Waals surface area contributed by atoms with Crippen molar-refractivity contribution < 1.29 is 31.1 Å². The minimum absolute atomic E-state index is 0.0397. The summed E-state index contributed by atoms with van der Waals surface area (Å²) in [5, 5.41) is 0. The number of aromatic nitrogens is 2. The molecule has 0 amide bonds. The zero-order chi connectivity index (χ0) is 21.1. The minimum Gasteiger partial charge on any atom is -0.374 e. The Hall–Kier alpha value is -2.81. The van der Waals surface area contributed by atoms with Crippen molar-refractivity contribution in [3.63, 3.8) is 0 Å². The summed E-state index contributed by atoms with van der Waals surface area (Å²) in [6, 6.07) is 10.3. The zero-order valence-electron chi connectivity index (χ0n) is 14.9. The molecule has 0 aliphatic rings. The molecule has 9 heteroatoms. The van der Waals surface area contributed by atoms with Gasteiger partial charge in [0.2, 0.25) is 0 Å². The van der Waals surface area contributed by atoms with Crippen LogP contribution in [0.1, 0.15) is 28.3 Å². The highest BCUT2D eigenvalue weighted by molar-refractivity contribution is 5.33. The first-order valence-electron chi connectivity index (χ1n) is 8.53. The Morgan fingerprint density at radius 1 is 0.897 bits per heavy atom. The van der Waals surface area contributed by atoms with Crippen LogP contribution in [0.25, 0.3) is 0 Å². The van der Waals surface area contributed by atoms with Gasteiger partial charge in [-0.2, -0.15) is 26.3 Å². The lowest BCUT2D eigenvalue weighted by atomic mass is 10.0. The number of alkyl halides is 6. The Labute approximate surface area is 162 Å². The third-order valence-electron chi connectivity index (χ3n) is 4.26. The number of hydrogen-bond acceptors (Lipinski definition) is 2. The molecule has 154 valence electrons. The lowest BCUT2D eigenvalue weighted by Crippen LogP contribution is -2.16. The van der Waals surface area contributed by atoms with Gasteiger partial charge in [0.1, 0.15) is 0 Å². The first kappa shape index (κ1) is 20.9. The SMILES string of the molecule is FC(F)(F)c1cc(COCC(c2ccccc2)n2ccnc2)cc(C(F)(F)F)c1. The van der Waals surface area contributed by atoms with Gasteiger partial charge in [-0.15, -0.1) is 0 Å². The number of rotatable bonds is 6. The van der Waals surface area contributed by atoms with Crippen LogP contribution in [0.4, 0.5) is 26.3 Å². The Morgan fingerprint density at radius 3 is 2.03 bits per heavy atom. The second-order valence-corrected chi connectivity index (χ2v) is 6.37. The number of halogens is 6. The fourth-order valence-corrected chi connectivity index (χ4v) is 2.87. The van der Waals surface area contributed by atoms with Gasteiger partial charge in [0, 0.05) is 12.4 Å². The van der Waals surface area contributed by atoms with E-state index in [1.54, 1.807) is 23.3 Å². The topological polar surface area (TPSA) is 27.1 Å². The van der Waals surface area contributed by atoms with Gasteiger partial charge in [-0.05, 0) is 29.3 Å². The predicted molar refractivity (Wildman–Crippen MR) is 92.9 cm³/mol. The van der Waals surface area contributed by atoms with Crippen molar-refractivity contribution >= 4 is 0 Å². The maximum Gasteiger partial charge on any atom is 0.416 e. The smallest absolute Gasteiger partial charge is 0.374 e. The number of benzene rings is 2. The van der Waals surface area contributed by atoms with Gasteiger partial charge in [0.05, 0.1) is 36.7 Å². The molecular formula is C20H16F6N2O. The van der Waals surface area contributed by atoms with Crippen molar-refractivity contribution in [1.29, 1.82) is 0 Å². The molecule has 1 atom stereocenters. The highest BCUT2D eigenvalue weighted by Gasteiger charge is 2.36. The van der Waals surface area contributed by atoms with Crippen molar-refractivity contribution in [2.24, 2.45) is 0 Å². The van der Waals surface area contributed by atoms with E-state index < -0.39 is 30.1 Å². The molecule has 0 bridgehead atoms. The van der Waals surface area contributed by atoms with E-state index in [0.717, 1.165) is 5.56 Å². The van der Waals surface area contributed by atoms with Gasteiger partial charge >= 0.3 is 12.4 Å². The maximum absolute atomic E-state index is 13.0. The van der Waals surface area contributed by atoms with Gasteiger partial charge in [-0.3, -0.25) is 0 Å². The largest absolute Gasteiger partial charge is 0.416 e. The summed E-state index contributed by atoms with van der Waals surface area (Å²) in [6.07, 6.45) is -4.95. The standard InChI is InChI=1S/C20H16F6N2O/c21-19(22,23)16-8-14(9-17(10-16)20(24,25)26)11-29-12-18(28-7-6-27-13-28)15-4-2-1-3-5-15/h1-10,13,18H,11-12H2. The third-order valence-corrected chi connectivity index (χ3v) is 4.26. The van der Waals surface area contributed by atoms with E-state index in [-0.39, 0.29) is 24.3 Å². The molecule has 0 aliphatic heterocycles. The Kier molecular flexibility index (Phi) is 5.97. The Balaban J connectivity index is 1.79. The highest BCUT2D eigenvalue weighted by Crippen LogP contribution is 2.36. The number of hydrogen-bond donors (Lipinski definition) is 0. The number of imidazole rings is 1. The summed E-state index contributed by atoms with van der Waals surface area (Å²) in [6.45, 7) is -0.358. The van der Waals surface area contributed by atoms with Crippen LogP contribution in [-0.2, 0) is 23.7 Å². The molecule has 0 aliphatic carbocycles. The Bertz CT molecular complexity index is 888. The van der Waals surface area contributed by atoms with E-state index in [2.05, 4.69) is 4.98 Å². The average Bonchev–Trinajstić information content (AvgIpc) is 3.19. The fourth-order valence-electron chi connectivity index (χ4n) is 2.87. The van der Waals surface area contributed by atoms with Gasteiger partial charge in [0.25, 0.3) is 0 Å². The molecule has 0 N–H and O–H groups in total. The van der Waals surface area contributed by atoms with E-state index in [1.165, 1.54) is 0 Å². The van der Waals surface area contributed by atoms with Crippen LogP contribution in [0.2, 0.25) is 0 Å². The van der Waals surface area contributed by atoms with E-state index in [0.29, 0.717) is 12.1 Å². The lowest BCUT2D eigenvalue weighted by molar-refractivity contribution is -0.143. The van der Waals surface area contributed by atoms with Crippen LogP contribution >= 0.6 is 0 Å². The predicted octanol–water partition coefficient (Wildman–Crippen LogP) is 5.73. The number of ether oxygens (including phenoxy) is 1. The maximum atomic E-state index is 13.0. The van der Waals surface area contributed by atoms with E-state index >= 15 is 0 Å². The van der Waals surface area contributed by atoms with Crippen molar-refractivity contribution in [3.05, 3.63) is 89.5 Å². The fraction of sp³-hybridized carbons (Fsp3) is 0.250. The van der Waals surface area contributed by atoms with Crippen LogP contribution in [0.5, 0.6) is 0 Å². The van der Waals surface area contributed by atoms with E-state index in [1.807, 2.05) is 30.3 Å². The van der Waals surface area contributed by atoms with Crippen LogP contribution in [0.15, 0.2) is 67.3 Å². The van der Waals surface area contributed by atoms with Gasteiger partial charge in [-0.25, -0.2) is 4.98 Å². The van der Waals surface area contributed by atoms with Crippen LogP contribution in [-0.4, -0.2) is 16.2 Å². The molecule has 0 spiro atoms. The normalized spacial score (nSPS) is 13.4. The summed E-state index contributed by atoms with van der Waals surface area (Å²) < 4.78 is 85.1. The minimum atomic E-state index is -4.89. The van der Waals surface area contributed by atoms with Gasteiger partial charge < -0.3 is 9.30 Å². The first-order valence-corrected chi connectivity index (χ1v) is 8.53. The molecule has 1 aromatic heterocycles. The van der Waals surface area contributed by atoms with Gasteiger partial charge in [0.15, 0.2) is 0 Å². The van der Waals surface area contributed by atoms with Crippen LogP contribution < -0.4 is 0 Å². The second kappa shape index (κ2) is 8.28. The molecular weight excluding hydrogens is 398 g/mol.